The van der Waals surface area contributed by atoms with Crippen molar-refractivity contribution in [1.82, 2.24) is 9.72 Å². The van der Waals surface area contributed by atoms with E-state index in [-0.39, 0.29) is 16.9 Å². The Kier molecular flexibility index (Phi) is 4.25. The molecule has 7 heteroatoms. The number of carbonyl (C=O) groups is 1. The second-order valence-electron chi connectivity index (χ2n) is 4.82. The van der Waals surface area contributed by atoms with E-state index in [2.05, 4.69) is 15.0 Å². The van der Waals surface area contributed by atoms with Crippen molar-refractivity contribution in [2.75, 3.05) is 5.32 Å². The Balaban J connectivity index is 1.84. The molecule has 2 aromatic heterocycles. The maximum atomic E-state index is 12.4. The molecule has 0 radical (unpaired) electrons. The smallest absolute Gasteiger partial charge is 0.263 e. The van der Waals surface area contributed by atoms with Crippen LogP contribution in [0.1, 0.15) is 15.9 Å². The van der Waals surface area contributed by atoms with Crippen molar-refractivity contribution >= 4 is 23.3 Å². The van der Waals surface area contributed by atoms with E-state index in [1.807, 2.05) is 12.1 Å². The summed E-state index contributed by atoms with van der Waals surface area (Å²) in [6.45, 7) is 0.348. The monoisotopic (exact) mass is 329 g/mol. The number of anilines is 1. The molecule has 2 heterocycles. The summed E-state index contributed by atoms with van der Waals surface area (Å²) in [5.74, 6) is -0.281. The summed E-state index contributed by atoms with van der Waals surface area (Å²) in [5.41, 5.74) is 0.554. The first-order valence-corrected chi connectivity index (χ1v) is 7.17. The van der Waals surface area contributed by atoms with Gasteiger partial charge in [-0.05, 0) is 29.8 Å². The number of rotatable bonds is 4. The van der Waals surface area contributed by atoms with Crippen molar-refractivity contribution < 1.29 is 9.32 Å². The van der Waals surface area contributed by atoms with Crippen LogP contribution in [-0.4, -0.2) is 15.6 Å². The van der Waals surface area contributed by atoms with E-state index in [1.165, 1.54) is 23.0 Å². The third-order valence-electron chi connectivity index (χ3n) is 3.21. The second-order valence-corrected chi connectivity index (χ2v) is 5.26. The minimum absolute atomic E-state index is 0.0319. The average Bonchev–Trinajstić information content (AvgIpc) is 3.04. The lowest BCUT2D eigenvalue weighted by atomic mass is 10.2. The first kappa shape index (κ1) is 15.1. The minimum Gasteiger partial charge on any atom is -0.363 e. The lowest BCUT2D eigenvalue weighted by molar-refractivity contribution is 0.102. The Labute approximate surface area is 136 Å². The van der Waals surface area contributed by atoms with Gasteiger partial charge in [-0.3, -0.25) is 9.59 Å². The molecule has 1 aromatic carbocycles. The molecule has 0 saturated carbocycles. The normalized spacial score (nSPS) is 10.5. The zero-order valence-electron chi connectivity index (χ0n) is 11.9. The van der Waals surface area contributed by atoms with Gasteiger partial charge in [0.1, 0.15) is 11.8 Å². The molecular weight excluding hydrogens is 318 g/mol. The molecule has 0 spiro atoms. The third kappa shape index (κ3) is 3.49. The molecule has 0 saturated heterocycles. The van der Waals surface area contributed by atoms with Crippen molar-refractivity contribution in [3.05, 3.63) is 81.4 Å². The van der Waals surface area contributed by atoms with Crippen LogP contribution in [0.3, 0.4) is 0 Å². The van der Waals surface area contributed by atoms with Crippen LogP contribution in [0.5, 0.6) is 0 Å². The first-order chi connectivity index (χ1) is 11.1. The van der Waals surface area contributed by atoms with E-state index in [1.54, 1.807) is 24.4 Å². The number of carbonyl (C=O) groups excluding carboxylic acids is 1. The molecule has 0 aliphatic heterocycles. The molecule has 23 heavy (non-hydrogen) atoms. The van der Waals surface area contributed by atoms with Gasteiger partial charge in [-0.25, -0.2) is 0 Å². The quantitative estimate of drug-likeness (QED) is 0.798. The predicted octanol–water partition coefficient (Wildman–Crippen LogP) is 2.79. The molecule has 116 valence electrons. The topological polar surface area (TPSA) is 77.1 Å². The van der Waals surface area contributed by atoms with E-state index >= 15 is 0 Å². The highest BCUT2D eigenvalue weighted by Crippen LogP contribution is 2.10. The molecule has 6 nitrogen and oxygen atoms in total. The molecule has 1 N–H and O–H groups in total. The van der Waals surface area contributed by atoms with Crippen molar-refractivity contribution in [3.8, 4) is 0 Å². The fraction of sp³-hybridized carbons (Fsp3) is 0.0625. The Morgan fingerprint density at radius 2 is 2.00 bits per heavy atom. The van der Waals surface area contributed by atoms with Gasteiger partial charge in [-0.1, -0.05) is 28.9 Å². The summed E-state index contributed by atoms with van der Waals surface area (Å²) in [7, 11) is 0. The molecule has 3 rings (SSSR count). The van der Waals surface area contributed by atoms with Gasteiger partial charge in [0, 0.05) is 17.3 Å². The summed E-state index contributed by atoms with van der Waals surface area (Å²) in [4.78, 5) is 24.6. The molecular formula is C16H12ClN3O3. The molecule has 0 atom stereocenters. The maximum absolute atomic E-state index is 12.4. The van der Waals surface area contributed by atoms with Gasteiger partial charge in [0.15, 0.2) is 5.82 Å². The number of benzene rings is 1. The van der Waals surface area contributed by atoms with Gasteiger partial charge >= 0.3 is 0 Å². The Bertz CT molecular complexity index is 870. The molecule has 0 aliphatic rings. The van der Waals surface area contributed by atoms with Gasteiger partial charge in [-0.2, -0.15) is 0 Å². The minimum atomic E-state index is -0.533. The van der Waals surface area contributed by atoms with Crippen molar-refractivity contribution in [2.45, 2.75) is 6.54 Å². The summed E-state index contributed by atoms with van der Waals surface area (Å²) in [6.07, 6.45) is 2.96. The van der Waals surface area contributed by atoms with Crippen LogP contribution >= 0.6 is 11.6 Å². The highest BCUT2D eigenvalue weighted by Gasteiger charge is 2.13. The van der Waals surface area contributed by atoms with Crippen LogP contribution in [0.25, 0.3) is 0 Å². The molecule has 0 unspecified atom stereocenters. The van der Waals surface area contributed by atoms with E-state index < -0.39 is 5.91 Å². The number of hydrogen-bond acceptors (Lipinski definition) is 4. The first-order valence-electron chi connectivity index (χ1n) is 6.79. The largest absolute Gasteiger partial charge is 0.363 e. The SMILES string of the molecule is O=C(Nc1ccon1)c1cccn(Cc2ccc(Cl)cc2)c1=O. The second kappa shape index (κ2) is 6.50. The summed E-state index contributed by atoms with van der Waals surface area (Å²) >= 11 is 5.85. The standard InChI is InChI=1S/C16H12ClN3O3/c17-12-5-3-11(4-6-12)10-20-8-1-2-13(16(20)22)15(21)18-14-7-9-23-19-14/h1-9H,10H2,(H,18,19,21). The fourth-order valence-corrected chi connectivity index (χ4v) is 2.21. The number of halogens is 1. The Morgan fingerprint density at radius 3 is 2.70 bits per heavy atom. The fourth-order valence-electron chi connectivity index (χ4n) is 2.08. The maximum Gasteiger partial charge on any atom is 0.263 e. The van der Waals surface area contributed by atoms with Crippen molar-refractivity contribution in [1.29, 1.82) is 0 Å². The summed E-state index contributed by atoms with van der Waals surface area (Å²) in [6, 6.07) is 11.8. The number of nitrogens with zero attached hydrogens (tertiary/aromatic N) is 2. The van der Waals surface area contributed by atoms with Crippen LogP contribution < -0.4 is 10.9 Å². The number of amides is 1. The van der Waals surface area contributed by atoms with Crippen molar-refractivity contribution in [3.63, 3.8) is 0 Å². The lowest BCUT2D eigenvalue weighted by Gasteiger charge is -2.08. The predicted molar refractivity (Wildman–Crippen MR) is 85.7 cm³/mol. The molecule has 0 aliphatic carbocycles. The highest BCUT2D eigenvalue weighted by molar-refractivity contribution is 6.30. The van der Waals surface area contributed by atoms with Crippen LogP contribution in [0.15, 0.2) is 64.2 Å². The molecule has 1 amide bonds. The van der Waals surface area contributed by atoms with Gasteiger partial charge in [0.25, 0.3) is 11.5 Å². The summed E-state index contributed by atoms with van der Waals surface area (Å²) < 4.78 is 6.09. The number of hydrogen-bond donors (Lipinski definition) is 1. The van der Waals surface area contributed by atoms with E-state index in [0.29, 0.717) is 11.6 Å². The molecule has 0 bridgehead atoms. The Morgan fingerprint density at radius 1 is 1.22 bits per heavy atom. The zero-order chi connectivity index (χ0) is 16.2. The van der Waals surface area contributed by atoms with E-state index in [0.717, 1.165) is 5.56 Å². The van der Waals surface area contributed by atoms with Gasteiger partial charge in [0.2, 0.25) is 0 Å². The van der Waals surface area contributed by atoms with E-state index in [9.17, 15) is 9.59 Å². The van der Waals surface area contributed by atoms with Gasteiger partial charge in [0.05, 0.1) is 6.54 Å². The average molecular weight is 330 g/mol. The zero-order valence-corrected chi connectivity index (χ0v) is 12.7. The van der Waals surface area contributed by atoms with E-state index in [4.69, 9.17) is 11.6 Å². The lowest BCUT2D eigenvalue weighted by Crippen LogP contribution is -2.29. The summed E-state index contributed by atoms with van der Waals surface area (Å²) in [5, 5.41) is 6.71. The van der Waals surface area contributed by atoms with Gasteiger partial charge < -0.3 is 14.4 Å². The van der Waals surface area contributed by atoms with Gasteiger partial charge in [-0.15, -0.1) is 0 Å². The Hall–Kier alpha value is -2.86. The third-order valence-corrected chi connectivity index (χ3v) is 3.46. The highest BCUT2D eigenvalue weighted by atomic mass is 35.5. The number of nitrogens with one attached hydrogen (secondary N) is 1. The van der Waals surface area contributed by atoms with Crippen molar-refractivity contribution in [2.24, 2.45) is 0 Å². The van der Waals surface area contributed by atoms with Crippen LogP contribution in [0.2, 0.25) is 5.02 Å². The van der Waals surface area contributed by atoms with Crippen LogP contribution in [-0.2, 0) is 6.54 Å². The molecule has 0 fully saturated rings. The number of pyridine rings is 1. The molecule has 3 aromatic rings. The van der Waals surface area contributed by atoms with Crippen LogP contribution in [0, 0.1) is 0 Å². The number of aromatic nitrogens is 2. The van der Waals surface area contributed by atoms with Crippen LogP contribution in [0.4, 0.5) is 5.82 Å².